The van der Waals surface area contributed by atoms with Gasteiger partial charge in [-0.1, -0.05) is 19.1 Å². The molecule has 21 heavy (non-hydrogen) atoms. The SMILES string of the molecule is CCCn1cc(S(=O)(=O)NC2C=CC(C(=O)O)C2)nc1C. The second-order valence-corrected chi connectivity index (χ2v) is 6.77. The molecule has 0 amide bonds. The van der Waals surface area contributed by atoms with Crippen molar-refractivity contribution in [3.05, 3.63) is 24.2 Å². The lowest BCUT2D eigenvalue weighted by atomic mass is 10.1. The Morgan fingerprint density at radius 2 is 2.24 bits per heavy atom. The van der Waals surface area contributed by atoms with E-state index in [1.807, 2.05) is 6.92 Å². The number of carbonyl (C=O) groups is 1. The number of carboxylic acid groups (broad SMARTS) is 1. The van der Waals surface area contributed by atoms with E-state index < -0.39 is 28.0 Å². The van der Waals surface area contributed by atoms with Crippen LogP contribution < -0.4 is 4.72 Å². The lowest BCUT2D eigenvalue weighted by Crippen LogP contribution is -2.33. The molecule has 0 aromatic carbocycles. The summed E-state index contributed by atoms with van der Waals surface area (Å²) < 4.78 is 28.8. The van der Waals surface area contributed by atoms with Gasteiger partial charge in [0.2, 0.25) is 0 Å². The highest BCUT2D eigenvalue weighted by Crippen LogP contribution is 2.20. The Kier molecular flexibility index (Phi) is 4.48. The fraction of sp³-hybridized carbons (Fsp3) is 0.538. The third-order valence-electron chi connectivity index (χ3n) is 3.40. The van der Waals surface area contributed by atoms with Crippen molar-refractivity contribution in [3.8, 4) is 0 Å². The molecule has 0 saturated carbocycles. The number of aromatic nitrogens is 2. The second kappa shape index (κ2) is 5.98. The molecule has 8 heteroatoms. The fourth-order valence-corrected chi connectivity index (χ4v) is 3.52. The summed E-state index contributed by atoms with van der Waals surface area (Å²) in [5.41, 5.74) is 0. The van der Waals surface area contributed by atoms with Crippen molar-refractivity contribution in [3.63, 3.8) is 0 Å². The van der Waals surface area contributed by atoms with Gasteiger partial charge in [0.25, 0.3) is 10.0 Å². The van der Waals surface area contributed by atoms with Gasteiger partial charge in [0.15, 0.2) is 5.03 Å². The minimum Gasteiger partial charge on any atom is -0.481 e. The molecule has 2 atom stereocenters. The zero-order valence-corrected chi connectivity index (χ0v) is 12.8. The van der Waals surface area contributed by atoms with Gasteiger partial charge in [-0.2, -0.15) is 0 Å². The van der Waals surface area contributed by atoms with E-state index in [2.05, 4.69) is 9.71 Å². The zero-order valence-electron chi connectivity index (χ0n) is 12.0. The van der Waals surface area contributed by atoms with Gasteiger partial charge in [0.05, 0.1) is 5.92 Å². The van der Waals surface area contributed by atoms with Gasteiger partial charge < -0.3 is 9.67 Å². The van der Waals surface area contributed by atoms with Crippen molar-refractivity contribution >= 4 is 16.0 Å². The highest BCUT2D eigenvalue weighted by molar-refractivity contribution is 7.89. The van der Waals surface area contributed by atoms with Crippen LogP contribution in [-0.2, 0) is 21.4 Å². The molecule has 1 aromatic heterocycles. The predicted octanol–water partition coefficient (Wildman–Crippen LogP) is 0.909. The van der Waals surface area contributed by atoms with E-state index in [0.29, 0.717) is 12.4 Å². The van der Waals surface area contributed by atoms with E-state index in [-0.39, 0.29) is 11.4 Å². The van der Waals surface area contributed by atoms with Crippen LogP contribution in [0.1, 0.15) is 25.6 Å². The molecule has 0 saturated heterocycles. The molecule has 1 aliphatic rings. The quantitative estimate of drug-likeness (QED) is 0.760. The Bertz CT molecular complexity index is 663. The molecule has 7 nitrogen and oxygen atoms in total. The molecule has 2 N–H and O–H groups in total. The van der Waals surface area contributed by atoms with E-state index >= 15 is 0 Å². The highest BCUT2D eigenvalue weighted by Gasteiger charge is 2.29. The fourth-order valence-electron chi connectivity index (χ4n) is 2.31. The van der Waals surface area contributed by atoms with Crippen molar-refractivity contribution in [1.82, 2.24) is 14.3 Å². The maximum atomic E-state index is 12.3. The van der Waals surface area contributed by atoms with E-state index in [9.17, 15) is 13.2 Å². The third-order valence-corrected chi connectivity index (χ3v) is 4.76. The standard InChI is InChI=1S/C13H19N3O4S/c1-3-6-16-8-12(14-9(16)2)21(19,20)15-11-5-4-10(7-11)13(17)18/h4-5,8,10-11,15H,3,6-7H2,1-2H3,(H,17,18). The molecule has 2 unspecified atom stereocenters. The van der Waals surface area contributed by atoms with Crippen LogP contribution >= 0.6 is 0 Å². The van der Waals surface area contributed by atoms with Gasteiger partial charge in [-0.15, -0.1) is 0 Å². The summed E-state index contributed by atoms with van der Waals surface area (Å²) in [4.78, 5) is 14.9. The van der Waals surface area contributed by atoms with E-state index in [1.165, 1.54) is 12.3 Å². The number of nitrogens with one attached hydrogen (secondary N) is 1. The number of carboxylic acids is 1. The molecule has 0 spiro atoms. The number of hydrogen-bond acceptors (Lipinski definition) is 4. The summed E-state index contributed by atoms with van der Waals surface area (Å²) in [5.74, 6) is -0.948. The number of nitrogens with zero attached hydrogens (tertiary/aromatic N) is 2. The van der Waals surface area contributed by atoms with Gasteiger partial charge in [-0.05, 0) is 19.8 Å². The van der Waals surface area contributed by atoms with Crippen LogP contribution in [0, 0.1) is 12.8 Å². The van der Waals surface area contributed by atoms with E-state index in [1.54, 1.807) is 17.6 Å². The first-order chi connectivity index (χ1) is 9.83. The van der Waals surface area contributed by atoms with Gasteiger partial charge in [-0.25, -0.2) is 18.1 Å². The monoisotopic (exact) mass is 313 g/mol. The number of hydrogen-bond donors (Lipinski definition) is 2. The summed E-state index contributed by atoms with van der Waals surface area (Å²) in [6.45, 7) is 4.46. The number of aryl methyl sites for hydroxylation is 2. The molecule has 0 aliphatic heterocycles. The number of sulfonamides is 1. The Balaban J connectivity index is 2.11. The molecule has 0 radical (unpaired) electrons. The maximum Gasteiger partial charge on any atom is 0.310 e. The molecule has 1 aromatic rings. The largest absolute Gasteiger partial charge is 0.481 e. The van der Waals surface area contributed by atoms with Crippen molar-refractivity contribution in [2.45, 2.75) is 44.3 Å². The van der Waals surface area contributed by atoms with Crippen LogP contribution in [-0.4, -0.2) is 35.1 Å². The van der Waals surface area contributed by atoms with Gasteiger partial charge in [0, 0.05) is 18.8 Å². The molecule has 116 valence electrons. The van der Waals surface area contributed by atoms with Crippen LogP contribution in [0.2, 0.25) is 0 Å². The van der Waals surface area contributed by atoms with Gasteiger partial charge in [-0.3, -0.25) is 4.79 Å². The van der Waals surface area contributed by atoms with Crippen molar-refractivity contribution in [1.29, 1.82) is 0 Å². The third kappa shape index (κ3) is 3.51. The van der Waals surface area contributed by atoms with Crippen molar-refractivity contribution in [2.24, 2.45) is 5.92 Å². The summed E-state index contributed by atoms with van der Waals surface area (Å²) in [5, 5.41) is 8.87. The molecule has 0 fully saturated rings. The second-order valence-electron chi connectivity index (χ2n) is 5.11. The van der Waals surface area contributed by atoms with E-state index in [4.69, 9.17) is 5.11 Å². The summed E-state index contributed by atoms with van der Waals surface area (Å²) in [7, 11) is -3.74. The minimum atomic E-state index is -3.74. The predicted molar refractivity (Wildman–Crippen MR) is 76.2 cm³/mol. The average Bonchev–Trinajstić information content (AvgIpc) is 2.98. The Morgan fingerprint density at radius 1 is 1.52 bits per heavy atom. The molecule has 1 aliphatic carbocycles. The molecule has 1 heterocycles. The molecule has 2 rings (SSSR count). The van der Waals surface area contributed by atoms with Gasteiger partial charge >= 0.3 is 5.97 Å². The number of rotatable bonds is 6. The lowest BCUT2D eigenvalue weighted by molar-refractivity contribution is -0.140. The molecular weight excluding hydrogens is 294 g/mol. The van der Waals surface area contributed by atoms with Crippen molar-refractivity contribution in [2.75, 3.05) is 0 Å². The van der Waals surface area contributed by atoms with Crippen LogP contribution in [0.4, 0.5) is 0 Å². The normalized spacial score (nSPS) is 21.8. The van der Waals surface area contributed by atoms with E-state index in [0.717, 1.165) is 6.42 Å². The average molecular weight is 313 g/mol. The van der Waals surface area contributed by atoms with Crippen LogP contribution in [0.15, 0.2) is 23.4 Å². The molecule has 0 bridgehead atoms. The Morgan fingerprint density at radius 3 is 2.81 bits per heavy atom. The molecular formula is C13H19N3O4S. The smallest absolute Gasteiger partial charge is 0.310 e. The van der Waals surface area contributed by atoms with Crippen molar-refractivity contribution < 1.29 is 18.3 Å². The van der Waals surface area contributed by atoms with Crippen LogP contribution in [0.3, 0.4) is 0 Å². The van der Waals surface area contributed by atoms with Gasteiger partial charge in [0.1, 0.15) is 5.82 Å². The summed E-state index contributed by atoms with van der Waals surface area (Å²) >= 11 is 0. The maximum absolute atomic E-state index is 12.3. The first-order valence-corrected chi connectivity index (χ1v) is 8.29. The first-order valence-electron chi connectivity index (χ1n) is 6.80. The summed E-state index contributed by atoms with van der Waals surface area (Å²) in [6.07, 6.45) is 5.70. The first kappa shape index (κ1) is 15.7. The number of imidazole rings is 1. The Hall–Kier alpha value is -1.67. The lowest BCUT2D eigenvalue weighted by Gasteiger charge is -2.11. The van der Waals surface area contributed by atoms with Crippen LogP contribution in [0.25, 0.3) is 0 Å². The highest BCUT2D eigenvalue weighted by atomic mass is 32.2. The summed E-state index contributed by atoms with van der Waals surface area (Å²) in [6, 6.07) is -0.507. The number of aliphatic carboxylic acids is 1. The van der Waals surface area contributed by atoms with Crippen LogP contribution in [0.5, 0.6) is 0 Å². The zero-order chi connectivity index (χ0) is 15.6. The Labute approximate surface area is 123 Å². The topological polar surface area (TPSA) is 101 Å². The minimum absolute atomic E-state index is 0.0272.